The summed E-state index contributed by atoms with van der Waals surface area (Å²) in [6.07, 6.45) is -4.58. The van der Waals surface area contributed by atoms with Crippen molar-refractivity contribution < 1.29 is 22.7 Å². The number of benzene rings is 1. The summed E-state index contributed by atoms with van der Waals surface area (Å²) in [4.78, 5) is 11.9. The molecule has 0 atom stereocenters. The summed E-state index contributed by atoms with van der Waals surface area (Å²) in [5.74, 6) is -0.259. The monoisotopic (exact) mass is 362 g/mol. The molecule has 1 aromatic heterocycles. The van der Waals surface area contributed by atoms with Gasteiger partial charge in [-0.2, -0.15) is 18.3 Å². The molecule has 0 saturated heterocycles. The van der Waals surface area contributed by atoms with Gasteiger partial charge >= 0.3 is 6.18 Å². The molecule has 1 aromatic carbocycles. The molecule has 21 heavy (non-hydrogen) atoms. The molecule has 0 N–H and O–H groups in total. The van der Waals surface area contributed by atoms with Gasteiger partial charge in [0, 0.05) is 5.69 Å². The van der Waals surface area contributed by atoms with E-state index in [4.69, 9.17) is 4.74 Å². The Labute approximate surface area is 126 Å². The summed E-state index contributed by atoms with van der Waals surface area (Å²) >= 11 is 3.24. The van der Waals surface area contributed by atoms with Crippen molar-refractivity contribution in [3.8, 4) is 5.75 Å². The second-order valence-corrected chi connectivity index (χ2v) is 5.05. The minimum absolute atomic E-state index is 0.100. The number of carbonyl (C=O) groups is 1. The van der Waals surface area contributed by atoms with Crippen LogP contribution in [0.5, 0.6) is 5.75 Å². The summed E-state index contributed by atoms with van der Waals surface area (Å²) in [7, 11) is 0. The lowest BCUT2D eigenvalue weighted by Crippen LogP contribution is -2.22. The zero-order valence-corrected chi connectivity index (χ0v) is 12.4. The maximum atomic E-state index is 12.5. The van der Waals surface area contributed by atoms with Gasteiger partial charge < -0.3 is 4.74 Å². The zero-order valence-electron chi connectivity index (χ0n) is 10.8. The number of hydrogen-bond donors (Lipinski definition) is 0. The molecule has 0 aliphatic carbocycles. The highest BCUT2D eigenvalue weighted by molar-refractivity contribution is 9.10. The molecule has 0 saturated carbocycles. The van der Waals surface area contributed by atoms with Gasteiger partial charge in [0.05, 0.1) is 4.47 Å². The predicted octanol–water partition coefficient (Wildman–Crippen LogP) is 3.69. The third-order valence-corrected chi connectivity index (χ3v) is 3.26. The van der Waals surface area contributed by atoms with E-state index >= 15 is 0 Å². The molecule has 0 fully saturated rings. The Morgan fingerprint density at radius 3 is 2.62 bits per heavy atom. The molecule has 2 rings (SSSR count). The van der Waals surface area contributed by atoms with E-state index in [1.165, 1.54) is 6.92 Å². The van der Waals surface area contributed by atoms with Crippen LogP contribution in [0.2, 0.25) is 0 Å². The molecule has 0 spiro atoms. The van der Waals surface area contributed by atoms with Crippen LogP contribution in [0, 0.1) is 6.92 Å². The molecule has 0 aliphatic rings. The Hall–Kier alpha value is -1.83. The largest absolute Gasteiger partial charge is 0.483 e. The van der Waals surface area contributed by atoms with Gasteiger partial charge in [-0.25, -0.2) is 4.68 Å². The smallest absolute Gasteiger partial charge is 0.435 e. The molecule has 0 amide bonds. The first-order chi connectivity index (χ1) is 9.79. The lowest BCUT2D eigenvalue weighted by Gasteiger charge is -2.08. The van der Waals surface area contributed by atoms with E-state index in [1.807, 2.05) is 0 Å². The molecular formula is C13H10BrF3N2O2. The zero-order chi connectivity index (χ0) is 15.6. The van der Waals surface area contributed by atoms with Crippen LogP contribution in [-0.4, -0.2) is 22.3 Å². The van der Waals surface area contributed by atoms with Crippen LogP contribution in [0.3, 0.4) is 0 Å². The first-order valence-electron chi connectivity index (χ1n) is 5.83. The standard InChI is InChI=1S/C13H10BrF3N2O2/c1-8-6-11(13(15,16)17)18-19(8)12(20)7-21-10-5-3-2-4-9(10)14/h2-6H,7H2,1H3. The van der Waals surface area contributed by atoms with Crippen LogP contribution in [0.1, 0.15) is 16.2 Å². The number of rotatable bonds is 3. The van der Waals surface area contributed by atoms with E-state index in [1.54, 1.807) is 24.3 Å². The highest BCUT2D eigenvalue weighted by Crippen LogP contribution is 2.28. The predicted molar refractivity (Wildman–Crippen MR) is 72.2 cm³/mol. The Morgan fingerprint density at radius 1 is 1.38 bits per heavy atom. The number of carbonyl (C=O) groups excluding carboxylic acids is 1. The second-order valence-electron chi connectivity index (χ2n) is 4.19. The van der Waals surface area contributed by atoms with Gasteiger partial charge in [0.2, 0.25) is 0 Å². The number of aryl methyl sites for hydroxylation is 1. The summed E-state index contributed by atoms with van der Waals surface area (Å²) in [5.41, 5.74) is -1.00. The van der Waals surface area contributed by atoms with Crippen LogP contribution in [0.4, 0.5) is 13.2 Å². The van der Waals surface area contributed by atoms with Crippen molar-refractivity contribution in [1.82, 2.24) is 9.78 Å². The fourth-order valence-electron chi connectivity index (χ4n) is 1.63. The average molecular weight is 363 g/mol. The Balaban J connectivity index is 2.11. The van der Waals surface area contributed by atoms with Gasteiger partial charge in [-0.3, -0.25) is 4.79 Å². The fourth-order valence-corrected chi connectivity index (χ4v) is 2.03. The Kier molecular flexibility index (Phi) is 4.36. The second kappa shape index (κ2) is 5.88. The Morgan fingerprint density at radius 2 is 2.05 bits per heavy atom. The quantitative estimate of drug-likeness (QED) is 0.836. The highest BCUT2D eigenvalue weighted by atomic mass is 79.9. The number of ether oxygens (including phenoxy) is 1. The van der Waals surface area contributed by atoms with Gasteiger partial charge in [-0.1, -0.05) is 12.1 Å². The van der Waals surface area contributed by atoms with Gasteiger partial charge in [-0.05, 0) is 41.1 Å². The third-order valence-electron chi connectivity index (χ3n) is 2.60. The molecule has 1 heterocycles. The van der Waals surface area contributed by atoms with E-state index < -0.39 is 24.4 Å². The first-order valence-corrected chi connectivity index (χ1v) is 6.62. The number of halogens is 4. The molecule has 112 valence electrons. The summed E-state index contributed by atoms with van der Waals surface area (Å²) in [5, 5.41) is 3.27. The first kappa shape index (κ1) is 15.6. The van der Waals surface area contributed by atoms with Gasteiger partial charge in [0.1, 0.15) is 5.75 Å². The van der Waals surface area contributed by atoms with E-state index in [-0.39, 0.29) is 5.69 Å². The van der Waals surface area contributed by atoms with Gasteiger partial charge in [-0.15, -0.1) is 0 Å². The number of hydrogen-bond acceptors (Lipinski definition) is 3. The molecule has 0 radical (unpaired) electrons. The molecule has 0 unspecified atom stereocenters. The van der Waals surface area contributed by atoms with Crippen LogP contribution >= 0.6 is 15.9 Å². The molecule has 8 heteroatoms. The van der Waals surface area contributed by atoms with Crippen molar-refractivity contribution >= 4 is 21.8 Å². The normalized spacial score (nSPS) is 11.5. The van der Waals surface area contributed by atoms with Crippen molar-refractivity contribution in [2.45, 2.75) is 13.1 Å². The van der Waals surface area contributed by atoms with Crippen LogP contribution in [0.15, 0.2) is 34.8 Å². The number of alkyl halides is 3. The van der Waals surface area contributed by atoms with Gasteiger partial charge in [0.25, 0.3) is 5.91 Å². The van der Waals surface area contributed by atoms with Crippen molar-refractivity contribution in [1.29, 1.82) is 0 Å². The number of nitrogens with zero attached hydrogens (tertiary/aromatic N) is 2. The van der Waals surface area contributed by atoms with Crippen molar-refractivity contribution in [2.75, 3.05) is 6.61 Å². The number of para-hydroxylation sites is 1. The van der Waals surface area contributed by atoms with E-state index in [2.05, 4.69) is 21.0 Å². The van der Waals surface area contributed by atoms with Crippen molar-refractivity contribution in [2.24, 2.45) is 0 Å². The SMILES string of the molecule is Cc1cc(C(F)(F)F)nn1C(=O)COc1ccccc1Br. The van der Waals surface area contributed by atoms with Gasteiger partial charge in [0.15, 0.2) is 12.3 Å². The summed E-state index contributed by atoms with van der Waals surface area (Å²) < 4.78 is 44.2. The van der Waals surface area contributed by atoms with Crippen molar-refractivity contribution in [3.63, 3.8) is 0 Å². The lowest BCUT2D eigenvalue weighted by atomic mass is 10.3. The Bertz CT molecular complexity index is 668. The molecule has 4 nitrogen and oxygen atoms in total. The van der Waals surface area contributed by atoms with E-state index in [0.29, 0.717) is 14.9 Å². The molecular weight excluding hydrogens is 353 g/mol. The van der Waals surface area contributed by atoms with E-state index in [0.717, 1.165) is 6.07 Å². The fraction of sp³-hybridized carbons (Fsp3) is 0.231. The minimum atomic E-state index is -4.58. The summed E-state index contributed by atoms with van der Waals surface area (Å²) in [6, 6.07) is 7.66. The van der Waals surface area contributed by atoms with Crippen LogP contribution < -0.4 is 4.74 Å². The molecule has 2 aromatic rings. The van der Waals surface area contributed by atoms with Crippen LogP contribution in [-0.2, 0) is 6.18 Å². The molecule has 0 aliphatic heterocycles. The maximum Gasteiger partial charge on any atom is 0.435 e. The third kappa shape index (κ3) is 3.63. The number of aromatic nitrogens is 2. The lowest BCUT2D eigenvalue weighted by molar-refractivity contribution is -0.141. The van der Waals surface area contributed by atoms with Crippen LogP contribution in [0.25, 0.3) is 0 Å². The maximum absolute atomic E-state index is 12.5. The minimum Gasteiger partial charge on any atom is -0.483 e. The van der Waals surface area contributed by atoms with E-state index in [9.17, 15) is 18.0 Å². The van der Waals surface area contributed by atoms with Crippen molar-refractivity contribution in [3.05, 3.63) is 46.2 Å². The highest BCUT2D eigenvalue weighted by Gasteiger charge is 2.35. The topological polar surface area (TPSA) is 44.1 Å². The molecule has 0 bridgehead atoms. The summed E-state index contributed by atoms with van der Waals surface area (Å²) in [6.45, 7) is 0.959. The average Bonchev–Trinajstić information content (AvgIpc) is 2.80.